The van der Waals surface area contributed by atoms with E-state index in [0.717, 1.165) is 30.8 Å². The van der Waals surface area contributed by atoms with Gasteiger partial charge in [0.1, 0.15) is 24.2 Å². The fraction of sp³-hybridized carbons (Fsp3) is 0.391. The molecule has 0 aromatic heterocycles. The van der Waals surface area contributed by atoms with Crippen molar-refractivity contribution in [3.8, 4) is 17.6 Å². The normalized spacial score (nSPS) is 14.4. The van der Waals surface area contributed by atoms with Crippen LogP contribution in [0.1, 0.15) is 22.3 Å². The second-order valence-electron chi connectivity index (χ2n) is 7.74. The van der Waals surface area contributed by atoms with Gasteiger partial charge in [0.25, 0.3) is 0 Å². The van der Waals surface area contributed by atoms with E-state index in [1.54, 1.807) is 13.1 Å². The predicted octanol–water partition coefficient (Wildman–Crippen LogP) is 3.56. The zero-order valence-corrected chi connectivity index (χ0v) is 17.8. The number of likely N-dealkylation sites (tertiary alicyclic amines) is 1. The lowest BCUT2D eigenvalue weighted by molar-refractivity contribution is -0.153. The summed E-state index contributed by atoms with van der Waals surface area (Å²) >= 11 is 0. The number of hydrogen-bond acceptors (Lipinski definition) is 5. The highest BCUT2D eigenvalue weighted by molar-refractivity contribution is 5.79. The van der Waals surface area contributed by atoms with Crippen LogP contribution in [0.2, 0.25) is 0 Å². The molecule has 32 heavy (non-hydrogen) atoms. The molecule has 0 atom stereocenters. The molecule has 0 unspecified atom stereocenters. The smallest absolute Gasteiger partial charge is 0.422 e. The van der Waals surface area contributed by atoms with Crippen molar-refractivity contribution in [1.82, 2.24) is 10.2 Å². The number of amides is 1. The Bertz CT molecular complexity index is 1010. The van der Waals surface area contributed by atoms with Crippen LogP contribution in [0.25, 0.3) is 0 Å². The van der Waals surface area contributed by atoms with Crippen LogP contribution in [0.4, 0.5) is 13.2 Å². The van der Waals surface area contributed by atoms with Crippen LogP contribution in [-0.2, 0) is 17.9 Å². The maximum Gasteiger partial charge on any atom is 0.422 e. The second-order valence-corrected chi connectivity index (χ2v) is 7.74. The minimum absolute atomic E-state index is 0.0204. The molecule has 2 aromatic carbocycles. The fourth-order valence-electron chi connectivity index (χ4n) is 3.50. The number of rotatable bonds is 8. The number of carbonyl (C=O) groups excluding carboxylic acids is 1. The highest BCUT2D eigenvalue weighted by atomic mass is 19.4. The van der Waals surface area contributed by atoms with Crippen molar-refractivity contribution in [2.45, 2.75) is 26.3 Å². The third-order valence-electron chi connectivity index (χ3n) is 5.17. The lowest BCUT2D eigenvalue weighted by Crippen LogP contribution is -2.52. The fourth-order valence-corrected chi connectivity index (χ4v) is 3.50. The molecule has 1 N–H and O–H groups in total. The Labute approximate surface area is 184 Å². The van der Waals surface area contributed by atoms with E-state index in [1.165, 1.54) is 12.1 Å². The van der Waals surface area contributed by atoms with Crippen LogP contribution in [0.15, 0.2) is 36.4 Å². The number of nitrogens with one attached hydrogen (secondary N) is 1. The molecule has 3 rings (SSSR count). The number of alkyl halides is 3. The number of nitrogens with zero attached hydrogens (tertiary/aromatic N) is 2. The van der Waals surface area contributed by atoms with E-state index in [-0.39, 0.29) is 29.7 Å². The van der Waals surface area contributed by atoms with Gasteiger partial charge in [-0.2, -0.15) is 18.4 Å². The Morgan fingerprint density at radius 1 is 1.16 bits per heavy atom. The van der Waals surface area contributed by atoms with Crippen LogP contribution in [-0.4, -0.2) is 43.7 Å². The number of carbonyl (C=O) groups is 1. The van der Waals surface area contributed by atoms with Gasteiger partial charge in [0.05, 0.1) is 11.5 Å². The van der Waals surface area contributed by atoms with Crippen molar-refractivity contribution in [2.24, 2.45) is 5.92 Å². The van der Waals surface area contributed by atoms with Gasteiger partial charge in [-0.3, -0.25) is 9.69 Å². The first-order valence-electron chi connectivity index (χ1n) is 10.1. The Morgan fingerprint density at radius 2 is 1.84 bits per heavy atom. The second kappa shape index (κ2) is 9.92. The topological polar surface area (TPSA) is 74.6 Å². The van der Waals surface area contributed by atoms with Gasteiger partial charge < -0.3 is 14.8 Å². The number of halogens is 3. The largest absolute Gasteiger partial charge is 0.489 e. The van der Waals surface area contributed by atoms with Gasteiger partial charge in [0.15, 0.2) is 6.61 Å². The van der Waals surface area contributed by atoms with Crippen LogP contribution < -0.4 is 14.8 Å². The van der Waals surface area contributed by atoms with Crippen molar-refractivity contribution in [3.05, 3.63) is 58.7 Å². The van der Waals surface area contributed by atoms with Crippen LogP contribution in [0.3, 0.4) is 0 Å². The molecule has 0 aliphatic carbocycles. The van der Waals surface area contributed by atoms with Gasteiger partial charge in [-0.25, -0.2) is 0 Å². The van der Waals surface area contributed by atoms with Crippen LogP contribution in [0.5, 0.6) is 11.5 Å². The standard InChI is InChI=1S/C23H24F3N3O3/c1-15-7-16(10-29-11-19(12-29)22(30)28-2)3-5-20(15)31-13-17-4-6-21(18(8-17)9-27)32-14-23(24,25)26/h3-8,19H,10-14H2,1-2H3,(H,28,30). The van der Waals surface area contributed by atoms with Gasteiger partial charge in [-0.1, -0.05) is 18.2 Å². The summed E-state index contributed by atoms with van der Waals surface area (Å²) in [5, 5.41) is 11.9. The Kier molecular flexibility index (Phi) is 7.26. The molecular formula is C23H24F3N3O3. The average molecular weight is 447 g/mol. The SMILES string of the molecule is CNC(=O)C1CN(Cc2ccc(OCc3ccc(OCC(F)(F)F)c(C#N)c3)c(C)c2)C1. The van der Waals surface area contributed by atoms with E-state index >= 15 is 0 Å². The molecule has 0 saturated carbocycles. The van der Waals surface area contributed by atoms with Gasteiger partial charge >= 0.3 is 6.18 Å². The number of ether oxygens (including phenoxy) is 2. The van der Waals surface area contributed by atoms with Crippen LogP contribution in [0, 0.1) is 24.2 Å². The monoisotopic (exact) mass is 447 g/mol. The molecule has 0 bridgehead atoms. The summed E-state index contributed by atoms with van der Waals surface area (Å²) in [6.07, 6.45) is -4.47. The van der Waals surface area contributed by atoms with Gasteiger partial charge in [-0.15, -0.1) is 0 Å². The van der Waals surface area contributed by atoms with E-state index < -0.39 is 12.8 Å². The molecular weight excluding hydrogens is 423 g/mol. The van der Waals surface area contributed by atoms with E-state index in [1.807, 2.05) is 31.2 Å². The summed E-state index contributed by atoms with van der Waals surface area (Å²) < 4.78 is 47.6. The highest BCUT2D eigenvalue weighted by Gasteiger charge is 2.31. The first kappa shape index (κ1) is 23.4. The van der Waals surface area contributed by atoms with Crippen molar-refractivity contribution in [1.29, 1.82) is 5.26 Å². The number of hydrogen-bond donors (Lipinski definition) is 1. The van der Waals surface area contributed by atoms with Gasteiger partial charge in [0.2, 0.25) is 5.91 Å². The van der Waals surface area contributed by atoms with E-state index in [4.69, 9.17) is 9.47 Å². The molecule has 2 aromatic rings. The van der Waals surface area contributed by atoms with E-state index in [0.29, 0.717) is 11.3 Å². The number of benzene rings is 2. The zero-order chi connectivity index (χ0) is 23.3. The molecule has 9 heteroatoms. The number of nitriles is 1. The Balaban J connectivity index is 1.55. The van der Waals surface area contributed by atoms with Crippen LogP contribution >= 0.6 is 0 Å². The van der Waals surface area contributed by atoms with Crippen molar-refractivity contribution in [3.63, 3.8) is 0 Å². The summed E-state index contributed by atoms with van der Waals surface area (Å²) in [6.45, 7) is 2.86. The molecule has 170 valence electrons. The van der Waals surface area contributed by atoms with Gasteiger partial charge in [0, 0.05) is 26.7 Å². The first-order valence-corrected chi connectivity index (χ1v) is 10.1. The summed E-state index contributed by atoms with van der Waals surface area (Å²) in [5.41, 5.74) is 2.72. The summed E-state index contributed by atoms with van der Waals surface area (Å²) in [6, 6.07) is 12.1. The van der Waals surface area contributed by atoms with E-state index in [9.17, 15) is 23.2 Å². The minimum atomic E-state index is -4.47. The Hall–Kier alpha value is -3.25. The predicted molar refractivity (Wildman–Crippen MR) is 111 cm³/mol. The molecule has 1 amide bonds. The maximum atomic E-state index is 12.3. The Morgan fingerprint density at radius 3 is 2.47 bits per heavy atom. The maximum absolute atomic E-state index is 12.3. The van der Waals surface area contributed by atoms with Crippen molar-refractivity contribution >= 4 is 5.91 Å². The number of aryl methyl sites for hydroxylation is 1. The molecule has 1 saturated heterocycles. The molecule has 6 nitrogen and oxygen atoms in total. The average Bonchev–Trinajstić information content (AvgIpc) is 2.73. The molecule has 1 fully saturated rings. The third kappa shape index (κ3) is 6.14. The third-order valence-corrected chi connectivity index (χ3v) is 5.17. The zero-order valence-electron chi connectivity index (χ0n) is 17.8. The molecule has 0 radical (unpaired) electrons. The lowest BCUT2D eigenvalue weighted by atomic mass is 9.98. The first-order chi connectivity index (χ1) is 15.2. The molecule has 1 heterocycles. The summed E-state index contributed by atoms with van der Waals surface area (Å²) in [5.74, 6) is 0.684. The molecule has 1 aliphatic rings. The minimum Gasteiger partial charge on any atom is -0.489 e. The van der Waals surface area contributed by atoms with Gasteiger partial charge in [-0.05, 0) is 41.8 Å². The van der Waals surface area contributed by atoms with Crippen molar-refractivity contribution < 1.29 is 27.4 Å². The highest BCUT2D eigenvalue weighted by Crippen LogP contribution is 2.26. The van der Waals surface area contributed by atoms with Crippen molar-refractivity contribution in [2.75, 3.05) is 26.7 Å². The summed E-state index contributed by atoms with van der Waals surface area (Å²) in [7, 11) is 1.64. The molecule has 1 aliphatic heterocycles. The lowest BCUT2D eigenvalue weighted by Gasteiger charge is -2.38. The van der Waals surface area contributed by atoms with E-state index in [2.05, 4.69) is 10.2 Å². The molecule has 0 spiro atoms. The quantitative estimate of drug-likeness (QED) is 0.670. The summed E-state index contributed by atoms with van der Waals surface area (Å²) in [4.78, 5) is 13.8.